The maximum absolute atomic E-state index is 3.45. The van der Waals surface area contributed by atoms with Gasteiger partial charge in [-0.25, -0.2) is 0 Å². The van der Waals surface area contributed by atoms with Crippen molar-refractivity contribution in [1.29, 1.82) is 0 Å². The van der Waals surface area contributed by atoms with Crippen LogP contribution in [-0.4, -0.2) is 38.1 Å². The Kier molecular flexibility index (Phi) is 7.20. The van der Waals surface area contributed by atoms with E-state index in [1.54, 1.807) is 0 Å². The van der Waals surface area contributed by atoms with Gasteiger partial charge in [0.1, 0.15) is 0 Å². The normalized spacial score (nSPS) is 30.6. The lowest BCUT2D eigenvalue weighted by Gasteiger charge is -2.20. The van der Waals surface area contributed by atoms with E-state index in [-0.39, 0.29) is 1.43 Å². The maximum Gasteiger partial charge on any atom is 0.00481 e. The lowest BCUT2D eigenvalue weighted by atomic mass is 9.87. The molecule has 0 amide bonds. The molecule has 0 aromatic carbocycles. The highest BCUT2D eigenvalue weighted by Crippen LogP contribution is 2.34. The lowest BCUT2D eigenvalue weighted by molar-refractivity contribution is 0.309. The molecule has 0 aromatic rings. The Morgan fingerprint density at radius 3 is 2.14 bits per heavy atom. The van der Waals surface area contributed by atoms with Gasteiger partial charge in [-0.2, -0.15) is 0 Å². The summed E-state index contributed by atoms with van der Waals surface area (Å²) in [6.07, 6.45) is 2.81. The molecule has 2 heterocycles. The summed E-state index contributed by atoms with van der Waals surface area (Å²) in [6, 6.07) is 0. The second-order valence-electron chi connectivity index (χ2n) is 3.91. The third-order valence-electron chi connectivity index (χ3n) is 2.96. The number of likely N-dealkylation sites (tertiary alicyclic amines) is 1. The topological polar surface area (TPSA) is 15.3 Å². The fourth-order valence-corrected chi connectivity index (χ4v) is 2.30. The first-order valence-corrected chi connectivity index (χ1v) is 6.20. The van der Waals surface area contributed by atoms with E-state index in [2.05, 4.69) is 17.3 Å². The van der Waals surface area contributed by atoms with Gasteiger partial charge in [0.25, 0.3) is 0 Å². The summed E-state index contributed by atoms with van der Waals surface area (Å²) in [4.78, 5) is 2.45. The van der Waals surface area contributed by atoms with Crippen molar-refractivity contribution in [3.63, 3.8) is 0 Å². The highest BCUT2D eigenvalue weighted by Gasteiger charge is 2.38. The zero-order chi connectivity index (χ0) is 11.0. The fourth-order valence-electron chi connectivity index (χ4n) is 2.30. The van der Waals surface area contributed by atoms with Crippen LogP contribution in [0, 0.1) is 5.41 Å². The first kappa shape index (κ1) is 13.9. The van der Waals surface area contributed by atoms with Gasteiger partial charge in [0.15, 0.2) is 0 Å². The van der Waals surface area contributed by atoms with Crippen LogP contribution in [0.3, 0.4) is 0 Å². The highest BCUT2D eigenvalue weighted by molar-refractivity contribution is 4.94. The zero-order valence-electron chi connectivity index (χ0n) is 10.7. The van der Waals surface area contributed by atoms with Crippen LogP contribution < -0.4 is 5.32 Å². The molecule has 1 atom stereocenters. The second-order valence-corrected chi connectivity index (χ2v) is 3.91. The Balaban J connectivity index is 0. The van der Waals surface area contributed by atoms with Gasteiger partial charge in [0, 0.05) is 14.5 Å². The van der Waals surface area contributed by atoms with Crippen LogP contribution >= 0.6 is 0 Å². The van der Waals surface area contributed by atoms with E-state index < -0.39 is 0 Å². The number of nitrogens with zero attached hydrogens (tertiary/aromatic N) is 1. The molecule has 2 saturated heterocycles. The molecule has 2 aliphatic rings. The van der Waals surface area contributed by atoms with Crippen LogP contribution in [0.1, 0.15) is 42.0 Å². The van der Waals surface area contributed by atoms with Gasteiger partial charge < -0.3 is 10.2 Å². The van der Waals surface area contributed by atoms with E-state index in [9.17, 15) is 0 Å². The van der Waals surface area contributed by atoms with Crippen LogP contribution in [0.2, 0.25) is 0 Å². The molecule has 1 unspecified atom stereocenters. The Morgan fingerprint density at radius 1 is 1.14 bits per heavy atom. The van der Waals surface area contributed by atoms with Crippen LogP contribution in [0.4, 0.5) is 0 Å². The summed E-state index contributed by atoms with van der Waals surface area (Å²) in [5, 5.41) is 3.45. The summed E-state index contributed by atoms with van der Waals surface area (Å²) >= 11 is 0. The average Bonchev–Trinajstić information content (AvgIpc) is 2.84. The molecule has 2 nitrogen and oxygen atoms in total. The van der Waals surface area contributed by atoms with Crippen LogP contribution in [-0.2, 0) is 0 Å². The van der Waals surface area contributed by atoms with E-state index in [1.165, 1.54) is 39.0 Å². The standard InChI is InChI=1S/C8H16N2.2C2H6.H2/c1-10-5-3-8(7-10)2-4-9-6-8;2*1-2;/h9H,2-7H2,1H3;2*1-2H3;1H. The quantitative estimate of drug-likeness (QED) is 0.649. The molecule has 88 valence electrons. The molecule has 1 spiro atoms. The highest BCUT2D eigenvalue weighted by atomic mass is 15.1. The molecular formula is C12H30N2. The predicted octanol–water partition coefficient (Wildman–Crippen LogP) is 2.60. The van der Waals surface area contributed by atoms with Crippen molar-refractivity contribution >= 4 is 0 Å². The van der Waals surface area contributed by atoms with Crippen LogP contribution in [0.25, 0.3) is 0 Å². The minimum absolute atomic E-state index is 0. The van der Waals surface area contributed by atoms with E-state index in [4.69, 9.17) is 0 Å². The van der Waals surface area contributed by atoms with Crippen molar-refractivity contribution in [2.24, 2.45) is 5.41 Å². The fraction of sp³-hybridized carbons (Fsp3) is 1.00. The van der Waals surface area contributed by atoms with Crippen molar-refractivity contribution in [2.45, 2.75) is 40.5 Å². The summed E-state index contributed by atoms with van der Waals surface area (Å²) in [5.41, 5.74) is 0.675. The summed E-state index contributed by atoms with van der Waals surface area (Å²) in [6.45, 7) is 13.1. The number of hydrogen-bond acceptors (Lipinski definition) is 2. The average molecular weight is 202 g/mol. The molecule has 2 fully saturated rings. The molecule has 2 aliphatic heterocycles. The Hall–Kier alpha value is -0.0800. The molecular weight excluding hydrogens is 172 g/mol. The maximum atomic E-state index is 3.45. The molecule has 0 saturated carbocycles. The van der Waals surface area contributed by atoms with Crippen molar-refractivity contribution in [2.75, 3.05) is 33.2 Å². The van der Waals surface area contributed by atoms with Crippen molar-refractivity contribution in [1.82, 2.24) is 10.2 Å². The van der Waals surface area contributed by atoms with Crippen molar-refractivity contribution in [3.8, 4) is 0 Å². The number of hydrogen-bond donors (Lipinski definition) is 1. The second kappa shape index (κ2) is 7.24. The SMILES string of the molecule is CC.CC.CN1CCC2(CCNC2)C1.[HH]. The van der Waals surface area contributed by atoms with Crippen LogP contribution in [0.5, 0.6) is 0 Å². The summed E-state index contributed by atoms with van der Waals surface area (Å²) in [5.74, 6) is 0. The largest absolute Gasteiger partial charge is 0.316 e. The summed E-state index contributed by atoms with van der Waals surface area (Å²) in [7, 11) is 2.23. The lowest BCUT2D eigenvalue weighted by Crippen LogP contribution is -2.27. The third-order valence-corrected chi connectivity index (χ3v) is 2.96. The number of rotatable bonds is 0. The van der Waals surface area contributed by atoms with Gasteiger partial charge in [-0.1, -0.05) is 27.7 Å². The van der Waals surface area contributed by atoms with E-state index in [0.717, 1.165) is 0 Å². The first-order valence-electron chi connectivity index (χ1n) is 6.20. The van der Waals surface area contributed by atoms with Crippen molar-refractivity contribution < 1.29 is 1.43 Å². The third kappa shape index (κ3) is 3.58. The zero-order valence-corrected chi connectivity index (χ0v) is 10.7. The molecule has 2 heteroatoms. The van der Waals surface area contributed by atoms with Crippen LogP contribution in [0.15, 0.2) is 0 Å². The smallest absolute Gasteiger partial charge is 0.00481 e. The molecule has 1 N–H and O–H groups in total. The summed E-state index contributed by atoms with van der Waals surface area (Å²) < 4.78 is 0. The van der Waals surface area contributed by atoms with E-state index in [1.807, 2.05) is 27.7 Å². The van der Waals surface area contributed by atoms with Gasteiger partial charge in [0.2, 0.25) is 0 Å². The minimum atomic E-state index is 0. The minimum Gasteiger partial charge on any atom is -0.316 e. The van der Waals surface area contributed by atoms with E-state index >= 15 is 0 Å². The predicted molar refractivity (Wildman–Crippen MR) is 66.8 cm³/mol. The van der Waals surface area contributed by atoms with E-state index in [0.29, 0.717) is 5.41 Å². The van der Waals surface area contributed by atoms with Gasteiger partial charge >= 0.3 is 0 Å². The Bertz CT molecular complexity index is 134. The van der Waals surface area contributed by atoms with Gasteiger partial charge in [-0.05, 0) is 38.4 Å². The van der Waals surface area contributed by atoms with Crippen molar-refractivity contribution in [3.05, 3.63) is 0 Å². The molecule has 0 bridgehead atoms. The molecule has 2 rings (SSSR count). The molecule has 0 aliphatic carbocycles. The molecule has 0 radical (unpaired) electrons. The first-order chi connectivity index (χ1) is 6.81. The van der Waals surface area contributed by atoms with Gasteiger partial charge in [-0.15, -0.1) is 0 Å². The Morgan fingerprint density at radius 2 is 1.79 bits per heavy atom. The van der Waals surface area contributed by atoms with Gasteiger partial charge in [-0.3, -0.25) is 0 Å². The van der Waals surface area contributed by atoms with Gasteiger partial charge in [0.05, 0.1) is 0 Å². The molecule has 14 heavy (non-hydrogen) atoms. The molecule has 0 aromatic heterocycles. The monoisotopic (exact) mass is 202 g/mol. The Labute approximate surface area is 91.5 Å². The number of nitrogens with one attached hydrogen (secondary N) is 1.